The first kappa shape index (κ1) is 14.0. The summed E-state index contributed by atoms with van der Waals surface area (Å²) in [6.07, 6.45) is 0.932. The van der Waals surface area contributed by atoms with E-state index in [9.17, 15) is 4.79 Å². The van der Waals surface area contributed by atoms with Crippen LogP contribution in [0, 0.1) is 0 Å². The fourth-order valence-electron chi connectivity index (χ4n) is 3.47. The van der Waals surface area contributed by atoms with Crippen LogP contribution in [0.25, 0.3) is 22.3 Å². The Bertz CT molecular complexity index is 986. The van der Waals surface area contributed by atoms with Gasteiger partial charge in [0.1, 0.15) is 0 Å². The van der Waals surface area contributed by atoms with E-state index in [-0.39, 0.29) is 5.56 Å². The number of fused-ring (bicyclic) bond motifs is 4. The average molecular weight is 305 g/mol. The van der Waals surface area contributed by atoms with E-state index in [1.807, 2.05) is 30.8 Å². The number of pyridine rings is 2. The molecule has 0 aliphatic carbocycles. The van der Waals surface area contributed by atoms with Gasteiger partial charge in [-0.05, 0) is 36.2 Å². The van der Waals surface area contributed by atoms with Crippen LogP contribution in [-0.2, 0) is 13.0 Å². The first-order valence-electron chi connectivity index (χ1n) is 7.93. The largest absolute Gasteiger partial charge is 0.378 e. The fraction of sp³-hybridized carbons (Fsp3) is 0.263. The van der Waals surface area contributed by atoms with Gasteiger partial charge in [-0.2, -0.15) is 0 Å². The van der Waals surface area contributed by atoms with E-state index in [4.69, 9.17) is 4.98 Å². The van der Waals surface area contributed by atoms with E-state index in [1.54, 1.807) is 6.07 Å². The van der Waals surface area contributed by atoms with Crippen LogP contribution in [0.4, 0.5) is 5.69 Å². The highest BCUT2D eigenvalue weighted by molar-refractivity contribution is 5.90. The number of rotatable bonds is 2. The molecule has 0 atom stereocenters. The van der Waals surface area contributed by atoms with Crippen LogP contribution >= 0.6 is 0 Å². The monoisotopic (exact) mass is 305 g/mol. The van der Waals surface area contributed by atoms with Crippen LogP contribution in [0.1, 0.15) is 18.1 Å². The van der Waals surface area contributed by atoms with E-state index in [2.05, 4.69) is 30.0 Å². The molecule has 3 aromatic rings. The molecule has 1 aliphatic heterocycles. The maximum atomic E-state index is 12.1. The van der Waals surface area contributed by atoms with Crippen molar-refractivity contribution in [2.45, 2.75) is 19.9 Å². The van der Waals surface area contributed by atoms with Gasteiger partial charge < -0.3 is 9.47 Å². The van der Waals surface area contributed by atoms with Gasteiger partial charge in [0.2, 0.25) is 0 Å². The number of anilines is 1. The molecule has 4 rings (SSSR count). The summed E-state index contributed by atoms with van der Waals surface area (Å²) in [4.78, 5) is 19.1. The zero-order valence-corrected chi connectivity index (χ0v) is 13.6. The Labute approximate surface area is 135 Å². The lowest BCUT2D eigenvalue weighted by Crippen LogP contribution is -2.16. The molecule has 0 radical (unpaired) electrons. The molecule has 1 aliphatic rings. The van der Waals surface area contributed by atoms with E-state index in [0.29, 0.717) is 6.54 Å². The molecule has 4 nitrogen and oxygen atoms in total. The predicted octanol–water partition coefficient (Wildman–Crippen LogP) is 3.05. The second-order valence-corrected chi connectivity index (χ2v) is 6.20. The minimum absolute atomic E-state index is 0.0422. The summed E-state index contributed by atoms with van der Waals surface area (Å²) in [5, 5.41) is 1.19. The quantitative estimate of drug-likeness (QED) is 0.571. The zero-order chi connectivity index (χ0) is 16.1. The Morgan fingerprint density at radius 2 is 2.04 bits per heavy atom. The molecule has 0 amide bonds. The molecule has 4 heteroatoms. The van der Waals surface area contributed by atoms with Gasteiger partial charge in [-0.3, -0.25) is 4.79 Å². The minimum atomic E-state index is 0.0422. The van der Waals surface area contributed by atoms with Gasteiger partial charge in [0.05, 0.1) is 23.4 Å². The smallest absolute Gasteiger partial charge is 0.251 e. The number of nitrogens with zero attached hydrogens (tertiary/aromatic N) is 3. The normalized spacial score (nSPS) is 12.3. The zero-order valence-electron chi connectivity index (χ0n) is 13.6. The summed E-state index contributed by atoms with van der Waals surface area (Å²) in [6, 6.07) is 11.8. The molecule has 3 heterocycles. The van der Waals surface area contributed by atoms with Crippen molar-refractivity contribution < 1.29 is 0 Å². The van der Waals surface area contributed by atoms with Crippen molar-refractivity contribution in [3.8, 4) is 11.4 Å². The first-order chi connectivity index (χ1) is 11.1. The minimum Gasteiger partial charge on any atom is -0.378 e. The highest BCUT2D eigenvalue weighted by Crippen LogP contribution is 2.36. The summed E-state index contributed by atoms with van der Waals surface area (Å²) >= 11 is 0. The van der Waals surface area contributed by atoms with Crippen LogP contribution < -0.4 is 10.5 Å². The SMILES string of the molecule is CCc1c2c(nc3ccc(N(C)C)cc13)-c1cccc(=O)n1C2. The molecule has 0 bridgehead atoms. The third-order valence-electron chi connectivity index (χ3n) is 4.67. The lowest BCUT2D eigenvalue weighted by Gasteiger charge is -2.16. The maximum absolute atomic E-state index is 12.1. The Morgan fingerprint density at radius 3 is 2.78 bits per heavy atom. The third-order valence-corrected chi connectivity index (χ3v) is 4.67. The molecule has 116 valence electrons. The maximum Gasteiger partial charge on any atom is 0.251 e. The number of benzene rings is 1. The summed E-state index contributed by atoms with van der Waals surface area (Å²) in [5.74, 6) is 0. The molecule has 1 aromatic carbocycles. The fourth-order valence-corrected chi connectivity index (χ4v) is 3.47. The molecule has 0 spiro atoms. The molecule has 0 fully saturated rings. The number of aryl methyl sites for hydroxylation is 1. The van der Waals surface area contributed by atoms with Crippen LogP contribution in [0.3, 0.4) is 0 Å². The van der Waals surface area contributed by atoms with E-state index < -0.39 is 0 Å². The Morgan fingerprint density at radius 1 is 1.22 bits per heavy atom. The summed E-state index contributed by atoms with van der Waals surface area (Å²) in [6.45, 7) is 2.80. The van der Waals surface area contributed by atoms with E-state index >= 15 is 0 Å². The Kier molecular flexibility index (Phi) is 3.01. The number of aromatic nitrogens is 2. The molecule has 0 saturated carbocycles. The molecule has 23 heavy (non-hydrogen) atoms. The standard InChI is InChI=1S/C19H19N3O/c1-4-13-14-10-12(21(2)3)8-9-16(14)20-19-15(13)11-22-17(19)6-5-7-18(22)23/h5-10H,4,11H2,1-3H3. The van der Waals surface area contributed by atoms with Gasteiger partial charge in [0.15, 0.2) is 0 Å². The summed E-state index contributed by atoms with van der Waals surface area (Å²) < 4.78 is 1.82. The second kappa shape index (κ2) is 4.95. The van der Waals surface area contributed by atoms with Crippen LogP contribution in [-0.4, -0.2) is 23.6 Å². The van der Waals surface area contributed by atoms with Gasteiger partial charge in [0, 0.05) is 36.8 Å². The van der Waals surface area contributed by atoms with E-state index in [0.717, 1.165) is 23.3 Å². The van der Waals surface area contributed by atoms with Crippen molar-refractivity contribution >= 4 is 16.6 Å². The van der Waals surface area contributed by atoms with Gasteiger partial charge >= 0.3 is 0 Å². The van der Waals surface area contributed by atoms with Crippen LogP contribution in [0.15, 0.2) is 41.2 Å². The summed E-state index contributed by atoms with van der Waals surface area (Å²) in [7, 11) is 4.09. The summed E-state index contributed by atoms with van der Waals surface area (Å²) in [5.41, 5.74) is 6.60. The van der Waals surface area contributed by atoms with Crippen molar-refractivity contribution in [1.82, 2.24) is 9.55 Å². The van der Waals surface area contributed by atoms with Crippen molar-refractivity contribution in [2.75, 3.05) is 19.0 Å². The molecule has 0 N–H and O–H groups in total. The molecule has 0 saturated heterocycles. The predicted molar refractivity (Wildman–Crippen MR) is 94.2 cm³/mol. The van der Waals surface area contributed by atoms with Crippen molar-refractivity contribution in [1.29, 1.82) is 0 Å². The van der Waals surface area contributed by atoms with Gasteiger partial charge in [-0.1, -0.05) is 13.0 Å². The third kappa shape index (κ3) is 1.98. The second-order valence-electron chi connectivity index (χ2n) is 6.20. The van der Waals surface area contributed by atoms with Crippen molar-refractivity contribution in [3.63, 3.8) is 0 Å². The van der Waals surface area contributed by atoms with Crippen molar-refractivity contribution in [3.05, 3.63) is 57.9 Å². The lowest BCUT2D eigenvalue weighted by atomic mass is 9.98. The van der Waals surface area contributed by atoms with Gasteiger partial charge in [-0.15, -0.1) is 0 Å². The van der Waals surface area contributed by atoms with Crippen molar-refractivity contribution in [2.24, 2.45) is 0 Å². The van der Waals surface area contributed by atoms with Crippen LogP contribution in [0.5, 0.6) is 0 Å². The molecule has 2 aromatic heterocycles. The molecular formula is C19H19N3O. The molecular weight excluding hydrogens is 286 g/mol. The van der Waals surface area contributed by atoms with Gasteiger partial charge in [-0.25, -0.2) is 4.98 Å². The average Bonchev–Trinajstić information content (AvgIpc) is 2.92. The van der Waals surface area contributed by atoms with E-state index in [1.165, 1.54) is 22.2 Å². The topological polar surface area (TPSA) is 38.1 Å². The molecule has 0 unspecified atom stereocenters. The number of hydrogen-bond donors (Lipinski definition) is 0. The Hall–Kier alpha value is -2.62. The van der Waals surface area contributed by atoms with Gasteiger partial charge in [0.25, 0.3) is 5.56 Å². The number of hydrogen-bond acceptors (Lipinski definition) is 3. The Balaban J connectivity index is 2.06. The highest BCUT2D eigenvalue weighted by atomic mass is 16.1. The highest BCUT2D eigenvalue weighted by Gasteiger charge is 2.24. The first-order valence-corrected chi connectivity index (χ1v) is 7.93. The lowest BCUT2D eigenvalue weighted by molar-refractivity contribution is 0.797. The van der Waals surface area contributed by atoms with Crippen LogP contribution in [0.2, 0.25) is 0 Å².